The molecule has 1 N–H and O–H groups in total. The quantitative estimate of drug-likeness (QED) is 0.900. The van der Waals surface area contributed by atoms with Gasteiger partial charge < -0.3 is 5.32 Å². The summed E-state index contributed by atoms with van der Waals surface area (Å²) in [5.74, 6) is 0.627. The van der Waals surface area contributed by atoms with Gasteiger partial charge in [0.25, 0.3) is 0 Å². The molecule has 1 heterocycles. The lowest BCUT2D eigenvalue weighted by Gasteiger charge is -2.36. The highest BCUT2D eigenvalue weighted by atomic mass is 79.9. The number of hydrogen-bond acceptors (Lipinski definition) is 2. The van der Waals surface area contributed by atoms with Gasteiger partial charge in [-0.05, 0) is 52.7 Å². The topological polar surface area (TPSA) is 12.0 Å². The third-order valence-electron chi connectivity index (χ3n) is 3.51. The maximum absolute atomic E-state index is 3.54. The Morgan fingerprint density at radius 3 is 2.76 bits per heavy atom. The van der Waals surface area contributed by atoms with Gasteiger partial charge in [-0.3, -0.25) is 0 Å². The van der Waals surface area contributed by atoms with Gasteiger partial charge in [0.2, 0.25) is 0 Å². The predicted octanol–water partition coefficient (Wildman–Crippen LogP) is 4.11. The summed E-state index contributed by atoms with van der Waals surface area (Å²) in [6, 6.07) is 13.6. The van der Waals surface area contributed by atoms with Crippen molar-refractivity contribution < 1.29 is 0 Å². The molecule has 0 radical (unpaired) electrons. The Balaban J connectivity index is 1.90. The van der Waals surface area contributed by atoms with Crippen molar-refractivity contribution >= 4 is 27.3 Å². The van der Waals surface area contributed by atoms with Crippen LogP contribution in [0.25, 0.3) is 0 Å². The molecule has 88 valence electrons. The fourth-order valence-corrected chi connectivity index (χ4v) is 4.23. The average molecular weight is 308 g/mol. The Morgan fingerprint density at radius 2 is 2.12 bits per heavy atom. The molecule has 0 fully saturated rings. The second-order valence-corrected chi connectivity index (χ2v) is 6.91. The van der Waals surface area contributed by atoms with E-state index in [0.717, 1.165) is 0 Å². The molecule has 1 nitrogen and oxygen atoms in total. The van der Waals surface area contributed by atoms with E-state index in [4.69, 9.17) is 0 Å². The molecule has 2 aromatic rings. The van der Waals surface area contributed by atoms with Crippen LogP contribution in [0, 0.1) is 0 Å². The van der Waals surface area contributed by atoms with Crippen LogP contribution in [0.15, 0.2) is 40.2 Å². The van der Waals surface area contributed by atoms with E-state index in [-0.39, 0.29) is 0 Å². The molecule has 0 saturated carbocycles. The van der Waals surface area contributed by atoms with Gasteiger partial charge in [0.15, 0.2) is 0 Å². The molecule has 0 aliphatic heterocycles. The molecule has 0 bridgehead atoms. The molecule has 2 unspecified atom stereocenters. The van der Waals surface area contributed by atoms with Gasteiger partial charge in [0.05, 0.1) is 3.79 Å². The van der Waals surface area contributed by atoms with Gasteiger partial charge in [-0.25, -0.2) is 0 Å². The molecule has 3 heteroatoms. The van der Waals surface area contributed by atoms with Gasteiger partial charge in [-0.1, -0.05) is 24.3 Å². The van der Waals surface area contributed by atoms with E-state index in [2.05, 4.69) is 64.7 Å². The summed E-state index contributed by atoms with van der Waals surface area (Å²) in [6.45, 7) is 0. The van der Waals surface area contributed by atoms with Crippen LogP contribution in [0.1, 0.15) is 28.0 Å². The largest absolute Gasteiger partial charge is 0.312 e. The Morgan fingerprint density at radius 1 is 1.29 bits per heavy atom. The standard InChI is InChI=1S/C14H14BrNS/c1-16-14(12-6-7-13(15)17-12)11-8-9-4-2-3-5-10(9)11/h2-7,11,14,16H,8H2,1H3. The van der Waals surface area contributed by atoms with Gasteiger partial charge >= 0.3 is 0 Å². The van der Waals surface area contributed by atoms with Crippen LogP contribution in [0.4, 0.5) is 0 Å². The van der Waals surface area contributed by atoms with Crippen LogP contribution in [0.2, 0.25) is 0 Å². The Hall–Kier alpha value is -0.640. The number of hydrogen-bond donors (Lipinski definition) is 1. The van der Waals surface area contributed by atoms with E-state index in [1.165, 1.54) is 26.2 Å². The minimum Gasteiger partial charge on any atom is -0.312 e. The van der Waals surface area contributed by atoms with Crippen molar-refractivity contribution in [3.05, 3.63) is 56.2 Å². The van der Waals surface area contributed by atoms with Gasteiger partial charge in [0.1, 0.15) is 0 Å². The van der Waals surface area contributed by atoms with Crippen molar-refractivity contribution in [3.8, 4) is 0 Å². The fourth-order valence-electron chi connectivity index (χ4n) is 2.63. The third-order valence-corrected chi connectivity index (χ3v) is 5.22. The van der Waals surface area contributed by atoms with Crippen molar-refractivity contribution in [2.75, 3.05) is 7.05 Å². The lowest BCUT2D eigenvalue weighted by molar-refractivity contribution is 0.445. The fraction of sp³-hybridized carbons (Fsp3) is 0.286. The average Bonchev–Trinajstić information content (AvgIpc) is 2.72. The lowest BCUT2D eigenvalue weighted by Crippen LogP contribution is -2.30. The number of fused-ring (bicyclic) bond motifs is 1. The van der Waals surface area contributed by atoms with E-state index < -0.39 is 0 Å². The number of benzene rings is 1. The van der Waals surface area contributed by atoms with Gasteiger partial charge in [-0.2, -0.15) is 0 Å². The van der Waals surface area contributed by atoms with E-state index in [9.17, 15) is 0 Å². The third kappa shape index (κ3) is 1.96. The second-order valence-electron chi connectivity index (χ2n) is 4.42. The van der Waals surface area contributed by atoms with E-state index >= 15 is 0 Å². The molecule has 0 spiro atoms. The maximum atomic E-state index is 3.54. The first-order chi connectivity index (χ1) is 8.29. The van der Waals surface area contributed by atoms with Gasteiger partial charge in [0, 0.05) is 16.8 Å². The summed E-state index contributed by atoms with van der Waals surface area (Å²) < 4.78 is 1.21. The number of likely N-dealkylation sites (N-methyl/N-ethyl adjacent to an activating group) is 1. The minimum absolute atomic E-state index is 0.446. The molecule has 3 rings (SSSR count). The molecule has 1 aromatic heterocycles. The first kappa shape index (κ1) is 11.5. The number of halogens is 1. The monoisotopic (exact) mass is 307 g/mol. The summed E-state index contributed by atoms with van der Waals surface area (Å²) >= 11 is 5.37. The molecule has 17 heavy (non-hydrogen) atoms. The van der Waals surface area contributed by atoms with Crippen molar-refractivity contribution in [3.63, 3.8) is 0 Å². The predicted molar refractivity (Wildman–Crippen MR) is 76.7 cm³/mol. The van der Waals surface area contributed by atoms with Crippen LogP contribution in [-0.4, -0.2) is 7.05 Å². The zero-order chi connectivity index (χ0) is 11.8. The lowest BCUT2D eigenvalue weighted by atomic mass is 9.73. The van der Waals surface area contributed by atoms with Crippen LogP contribution < -0.4 is 5.32 Å². The molecule has 1 aliphatic carbocycles. The maximum Gasteiger partial charge on any atom is 0.0701 e. The zero-order valence-electron chi connectivity index (χ0n) is 9.61. The van der Waals surface area contributed by atoms with Crippen LogP contribution in [0.5, 0.6) is 0 Å². The molecule has 2 atom stereocenters. The molecule has 1 aliphatic rings. The highest BCUT2D eigenvalue weighted by molar-refractivity contribution is 9.11. The summed E-state index contributed by atoms with van der Waals surface area (Å²) in [7, 11) is 2.05. The number of nitrogens with one attached hydrogen (secondary N) is 1. The highest BCUT2D eigenvalue weighted by Crippen LogP contribution is 2.45. The molecular weight excluding hydrogens is 294 g/mol. The number of rotatable bonds is 3. The van der Waals surface area contributed by atoms with Crippen LogP contribution in [-0.2, 0) is 6.42 Å². The second kappa shape index (κ2) is 4.56. The van der Waals surface area contributed by atoms with E-state index in [1.54, 1.807) is 0 Å². The number of thiophene rings is 1. The SMILES string of the molecule is CNC(c1ccc(Br)s1)C1Cc2ccccc21. The first-order valence-electron chi connectivity index (χ1n) is 5.80. The van der Waals surface area contributed by atoms with Crippen LogP contribution in [0.3, 0.4) is 0 Å². The Kier molecular flexibility index (Phi) is 3.07. The summed E-state index contributed by atoms with van der Waals surface area (Å²) in [6.07, 6.45) is 1.19. The first-order valence-corrected chi connectivity index (χ1v) is 7.41. The molecule has 1 aromatic carbocycles. The summed E-state index contributed by atoms with van der Waals surface area (Å²) in [4.78, 5) is 1.42. The summed E-state index contributed by atoms with van der Waals surface area (Å²) in [5, 5.41) is 3.46. The molecule has 0 saturated heterocycles. The minimum atomic E-state index is 0.446. The highest BCUT2D eigenvalue weighted by Gasteiger charge is 2.33. The van der Waals surface area contributed by atoms with Crippen molar-refractivity contribution in [1.82, 2.24) is 5.32 Å². The molecule has 0 amide bonds. The zero-order valence-corrected chi connectivity index (χ0v) is 12.0. The molecular formula is C14H14BrNS. The van der Waals surface area contributed by atoms with Crippen LogP contribution >= 0.6 is 27.3 Å². The Labute approximate surface area is 114 Å². The summed E-state index contributed by atoms with van der Waals surface area (Å²) in [5.41, 5.74) is 3.02. The van der Waals surface area contributed by atoms with E-state index in [1.807, 2.05) is 11.3 Å². The smallest absolute Gasteiger partial charge is 0.0701 e. The van der Waals surface area contributed by atoms with E-state index in [0.29, 0.717) is 12.0 Å². The van der Waals surface area contributed by atoms with Gasteiger partial charge in [-0.15, -0.1) is 11.3 Å². The normalized spacial score (nSPS) is 19.5. The Bertz CT molecular complexity index is 535. The van der Waals surface area contributed by atoms with Crippen molar-refractivity contribution in [1.29, 1.82) is 0 Å². The van der Waals surface area contributed by atoms with Crippen molar-refractivity contribution in [2.24, 2.45) is 0 Å². The van der Waals surface area contributed by atoms with Crippen molar-refractivity contribution in [2.45, 2.75) is 18.4 Å².